The van der Waals surface area contributed by atoms with Gasteiger partial charge in [-0.15, -0.1) is 0 Å². The van der Waals surface area contributed by atoms with Gasteiger partial charge in [-0.05, 0) is 24.6 Å². The Morgan fingerprint density at radius 2 is 1.83 bits per heavy atom. The predicted octanol–water partition coefficient (Wildman–Crippen LogP) is 2.22. The molecule has 0 aliphatic carbocycles. The van der Waals surface area contributed by atoms with Crippen LogP contribution < -0.4 is 0 Å². The Morgan fingerprint density at radius 1 is 1.17 bits per heavy atom. The summed E-state index contributed by atoms with van der Waals surface area (Å²) in [5, 5.41) is 7.35. The zero-order valence-corrected chi connectivity index (χ0v) is 14.2. The van der Waals surface area contributed by atoms with Gasteiger partial charge in [-0.3, -0.25) is 14.7 Å². The number of carbonyl (C=O) groups is 2. The summed E-state index contributed by atoms with van der Waals surface area (Å²) < 4.78 is 0. The minimum atomic E-state index is -0.0536. The van der Waals surface area contributed by atoms with Gasteiger partial charge < -0.3 is 9.80 Å². The molecule has 1 aliphatic rings. The van der Waals surface area contributed by atoms with Crippen molar-refractivity contribution in [2.24, 2.45) is 0 Å². The lowest BCUT2D eigenvalue weighted by atomic mass is 10.1. The molecule has 0 spiro atoms. The van der Waals surface area contributed by atoms with Gasteiger partial charge in [0.25, 0.3) is 11.8 Å². The molecule has 0 bridgehead atoms. The molecule has 2 amide bonds. The van der Waals surface area contributed by atoms with E-state index < -0.39 is 0 Å². The lowest BCUT2D eigenvalue weighted by Crippen LogP contribution is -2.50. The van der Waals surface area contributed by atoms with Gasteiger partial charge >= 0.3 is 0 Å². The highest BCUT2D eigenvalue weighted by Crippen LogP contribution is 2.16. The van der Waals surface area contributed by atoms with Gasteiger partial charge in [0.15, 0.2) is 0 Å². The first kappa shape index (κ1) is 16.5. The molecule has 0 atom stereocenters. The van der Waals surface area contributed by atoms with Gasteiger partial charge in [0.1, 0.15) is 0 Å². The number of hydrogen-bond donors (Lipinski definition) is 1. The normalized spacial score (nSPS) is 14.8. The average molecular weight is 347 g/mol. The van der Waals surface area contributed by atoms with E-state index >= 15 is 0 Å². The zero-order chi connectivity index (χ0) is 17.1. The third-order valence-corrected chi connectivity index (χ3v) is 4.46. The molecule has 1 fully saturated rings. The van der Waals surface area contributed by atoms with E-state index in [1.165, 1.54) is 0 Å². The van der Waals surface area contributed by atoms with Crippen LogP contribution in [0.3, 0.4) is 0 Å². The topological polar surface area (TPSA) is 69.3 Å². The van der Waals surface area contributed by atoms with Crippen LogP contribution in [0.15, 0.2) is 30.5 Å². The van der Waals surface area contributed by atoms with Crippen molar-refractivity contribution < 1.29 is 9.59 Å². The maximum Gasteiger partial charge on any atom is 0.257 e. The van der Waals surface area contributed by atoms with E-state index in [2.05, 4.69) is 10.2 Å². The summed E-state index contributed by atoms with van der Waals surface area (Å²) >= 11 is 5.95. The maximum absolute atomic E-state index is 12.6. The maximum atomic E-state index is 12.6. The summed E-state index contributed by atoms with van der Waals surface area (Å²) in [6.07, 6.45) is 2.30. The van der Waals surface area contributed by atoms with Crippen molar-refractivity contribution in [1.29, 1.82) is 0 Å². The number of aromatic amines is 1. The molecule has 0 unspecified atom stereocenters. The van der Waals surface area contributed by atoms with E-state index in [0.717, 1.165) is 12.1 Å². The van der Waals surface area contributed by atoms with Crippen molar-refractivity contribution >= 4 is 23.4 Å². The van der Waals surface area contributed by atoms with Gasteiger partial charge in [0.05, 0.1) is 11.8 Å². The Labute approximate surface area is 145 Å². The minimum Gasteiger partial charge on any atom is -0.335 e. The SMILES string of the molecule is CCc1[nH]ncc1C(=O)N1CCN(C(=O)c2cccc(Cl)c2)CC1. The molecule has 2 heterocycles. The number of piperazine rings is 1. The van der Waals surface area contributed by atoms with Crippen LogP contribution in [0.1, 0.15) is 33.3 Å². The van der Waals surface area contributed by atoms with Crippen molar-refractivity contribution in [3.8, 4) is 0 Å². The van der Waals surface area contributed by atoms with Crippen LogP contribution in [-0.2, 0) is 6.42 Å². The second-order valence-corrected chi connectivity index (χ2v) is 6.15. The summed E-state index contributed by atoms with van der Waals surface area (Å²) in [4.78, 5) is 28.6. The summed E-state index contributed by atoms with van der Waals surface area (Å²) in [6.45, 7) is 4.03. The molecular formula is C17H19ClN4O2. The summed E-state index contributed by atoms with van der Waals surface area (Å²) in [5.74, 6) is -0.0855. The molecule has 3 rings (SSSR count). The smallest absolute Gasteiger partial charge is 0.257 e. The Bertz CT molecular complexity index is 751. The first-order valence-electron chi connectivity index (χ1n) is 7.96. The number of amides is 2. The predicted molar refractivity (Wildman–Crippen MR) is 91.2 cm³/mol. The van der Waals surface area contributed by atoms with Crippen LogP contribution in [-0.4, -0.2) is 58.0 Å². The van der Waals surface area contributed by atoms with Gasteiger partial charge in [-0.1, -0.05) is 24.6 Å². The third kappa shape index (κ3) is 3.28. The van der Waals surface area contributed by atoms with Crippen LogP contribution in [0.2, 0.25) is 5.02 Å². The Balaban J connectivity index is 1.63. The molecular weight excluding hydrogens is 328 g/mol. The van der Waals surface area contributed by atoms with Crippen molar-refractivity contribution in [3.05, 3.63) is 52.3 Å². The summed E-state index contributed by atoms with van der Waals surface area (Å²) in [6, 6.07) is 6.93. The molecule has 126 valence electrons. The van der Waals surface area contributed by atoms with E-state index in [0.29, 0.717) is 42.3 Å². The first-order valence-corrected chi connectivity index (χ1v) is 8.34. The molecule has 0 radical (unpaired) electrons. The Hall–Kier alpha value is -2.34. The van der Waals surface area contributed by atoms with Crippen molar-refractivity contribution in [1.82, 2.24) is 20.0 Å². The minimum absolute atomic E-state index is 0.0320. The van der Waals surface area contributed by atoms with Crippen LogP contribution in [0.4, 0.5) is 0 Å². The highest BCUT2D eigenvalue weighted by molar-refractivity contribution is 6.30. The molecule has 1 aromatic carbocycles. The van der Waals surface area contributed by atoms with Gasteiger partial charge in [0, 0.05) is 42.5 Å². The Morgan fingerprint density at radius 3 is 2.46 bits per heavy atom. The monoisotopic (exact) mass is 346 g/mol. The Kier molecular flexibility index (Phi) is 4.85. The number of benzene rings is 1. The number of hydrogen-bond acceptors (Lipinski definition) is 3. The quantitative estimate of drug-likeness (QED) is 0.926. The third-order valence-electron chi connectivity index (χ3n) is 4.23. The number of aromatic nitrogens is 2. The molecule has 1 N–H and O–H groups in total. The van der Waals surface area contributed by atoms with E-state index in [1.54, 1.807) is 40.3 Å². The summed E-state index contributed by atoms with van der Waals surface area (Å²) in [5.41, 5.74) is 2.04. The number of halogens is 1. The van der Waals surface area contributed by atoms with E-state index in [-0.39, 0.29) is 11.8 Å². The van der Waals surface area contributed by atoms with Gasteiger partial charge in [-0.2, -0.15) is 5.10 Å². The van der Waals surface area contributed by atoms with Crippen molar-refractivity contribution in [2.75, 3.05) is 26.2 Å². The van der Waals surface area contributed by atoms with E-state index in [1.807, 2.05) is 6.92 Å². The fourth-order valence-corrected chi connectivity index (χ4v) is 3.04. The average Bonchev–Trinajstić information content (AvgIpc) is 3.09. The number of nitrogens with one attached hydrogen (secondary N) is 1. The fraction of sp³-hybridized carbons (Fsp3) is 0.353. The largest absolute Gasteiger partial charge is 0.335 e. The van der Waals surface area contributed by atoms with Crippen LogP contribution >= 0.6 is 11.6 Å². The number of H-pyrrole nitrogens is 1. The van der Waals surface area contributed by atoms with Crippen LogP contribution in [0.25, 0.3) is 0 Å². The number of carbonyl (C=O) groups excluding carboxylic acids is 2. The lowest BCUT2D eigenvalue weighted by molar-refractivity contribution is 0.0535. The molecule has 24 heavy (non-hydrogen) atoms. The molecule has 7 heteroatoms. The van der Waals surface area contributed by atoms with Gasteiger partial charge in [0.2, 0.25) is 0 Å². The van der Waals surface area contributed by atoms with Crippen molar-refractivity contribution in [2.45, 2.75) is 13.3 Å². The van der Waals surface area contributed by atoms with Crippen LogP contribution in [0.5, 0.6) is 0 Å². The first-order chi connectivity index (χ1) is 11.6. The second kappa shape index (κ2) is 7.05. The molecule has 6 nitrogen and oxygen atoms in total. The lowest BCUT2D eigenvalue weighted by Gasteiger charge is -2.34. The molecule has 2 aromatic rings. The van der Waals surface area contributed by atoms with Gasteiger partial charge in [-0.25, -0.2) is 0 Å². The number of nitrogens with zero attached hydrogens (tertiary/aromatic N) is 3. The highest BCUT2D eigenvalue weighted by Gasteiger charge is 2.27. The standard InChI is InChI=1S/C17H19ClN4O2/c1-2-15-14(11-19-20-15)17(24)22-8-6-21(7-9-22)16(23)12-4-3-5-13(18)10-12/h3-5,10-11H,2,6-9H2,1H3,(H,19,20). The summed E-state index contributed by atoms with van der Waals surface area (Å²) in [7, 11) is 0. The molecule has 0 saturated carbocycles. The van der Waals surface area contributed by atoms with E-state index in [4.69, 9.17) is 11.6 Å². The van der Waals surface area contributed by atoms with Crippen LogP contribution in [0, 0.1) is 0 Å². The molecule has 1 saturated heterocycles. The molecule has 1 aromatic heterocycles. The number of aryl methyl sites for hydroxylation is 1. The zero-order valence-electron chi connectivity index (χ0n) is 13.5. The fourth-order valence-electron chi connectivity index (χ4n) is 2.85. The highest BCUT2D eigenvalue weighted by atomic mass is 35.5. The van der Waals surface area contributed by atoms with Crippen molar-refractivity contribution in [3.63, 3.8) is 0 Å². The second-order valence-electron chi connectivity index (χ2n) is 5.71. The molecule has 1 aliphatic heterocycles. The number of rotatable bonds is 3. The van der Waals surface area contributed by atoms with E-state index in [9.17, 15) is 9.59 Å².